The largest absolute Gasteiger partial charge is 0.294 e. The number of nitrogens with zero attached hydrogens (tertiary/aromatic N) is 1. The van der Waals surface area contributed by atoms with Gasteiger partial charge in [0.25, 0.3) is 0 Å². The van der Waals surface area contributed by atoms with E-state index in [-0.39, 0.29) is 5.78 Å². The van der Waals surface area contributed by atoms with E-state index in [0.717, 1.165) is 11.1 Å². The van der Waals surface area contributed by atoms with Crippen molar-refractivity contribution in [3.8, 4) is 0 Å². The van der Waals surface area contributed by atoms with Gasteiger partial charge in [0.1, 0.15) is 0 Å². The molecule has 1 fully saturated rings. The Morgan fingerprint density at radius 3 is 2.79 bits per heavy atom. The lowest BCUT2D eigenvalue weighted by atomic mass is 9.79. The first-order chi connectivity index (χ1) is 9.33. The third kappa shape index (κ3) is 2.73. The van der Waals surface area contributed by atoms with Gasteiger partial charge in [0.2, 0.25) is 0 Å². The molecule has 0 aliphatic heterocycles. The Labute approximate surface area is 113 Å². The molecule has 0 spiro atoms. The van der Waals surface area contributed by atoms with Crippen molar-refractivity contribution >= 4 is 5.78 Å². The van der Waals surface area contributed by atoms with Gasteiger partial charge >= 0.3 is 0 Å². The summed E-state index contributed by atoms with van der Waals surface area (Å²) < 4.78 is 0. The van der Waals surface area contributed by atoms with E-state index in [4.69, 9.17) is 0 Å². The molecule has 0 bridgehead atoms. The highest BCUT2D eigenvalue weighted by Crippen LogP contribution is 2.36. The number of carbonyl (C=O) groups excluding carboxylic acids is 1. The molecule has 1 aromatic carbocycles. The number of hydrogen-bond acceptors (Lipinski definition) is 2. The van der Waals surface area contributed by atoms with Crippen LogP contribution in [0.4, 0.5) is 0 Å². The summed E-state index contributed by atoms with van der Waals surface area (Å²) in [6.45, 7) is 0. The van der Waals surface area contributed by atoms with Gasteiger partial charge in [-0.3, -0.25) is 9.78 Å². The highest BCUT2D eigenvalue weighted by Gasteiger charge is 2.20. The molecule has 1 heterocycles. The van der Waals surface area contributed by atoms with Crippen molar-refractivity contribution in [2.75, 3.05) is 0 Å². The minimum atomic E-state index is 0.175. The molecule has 1 aliphatic rings. The summed E-state index contributed by atoms with van der Waals surface area (Å²) in [5, 5.41) is 0. The minimum Gasteiger partial charge on any atom is -0.294 e. The number of benzene rings is 1. The van der Waals surface area contributed by atoms with Crippen molar-refractivity contribution in [1.29, 1.82) is 0 Å². The Morgan fingerprint density at radius 1 is 1.21 bits per heavy atom. The predicted molar refractivity (Wildman–Crippen MR) is 75.3 cm³/mol. The van der Waals surface area contributed by atoms with Crippen molar-refractivity contribution in [2.24, 2.45) is 0 Å². The molecule has 3 rings (SSSR count). The molecule has 2 aromatic rings. The maximum atomic E-state index is 12.3. The molecule has 0 radical (unpaired) electrons. The smallest absolute Gasteiger partial charge is 0.167 e. The fraction of sp³-hybridized carbons (Fsp3) is 0.294. The average Bonchev–Trinajstić information content (AvgIpc) is 2.38. The normalized spacial score (nSPS) is 14.9. The lowest BCUT2D eigenvalue weighted by Gasteiger charge is -2.26. The average molecular weight is 251 g/mol. The number of ketones is 1. The van der Waals surface area contributed by atoms with E-state index in [1.165, 1.54) is 24.8 Å². The van der Waals surface area contributed by atoms with Gasteiger partial charge in [0, 0.05) is 24.4 Å². The number of Topliss-reactive ketones (excluding diaryl/α,β-unsaturated/α-hetero) is 1. The minimum absolute atomic E-state index is 0.175. The number of rotatable bonds is 4. The van der Waals surface area contributed by atoms with Gasteiger partial charge in [-0.25, -0.2) is 0 Å². The summed E-state index contributed by atoms with van der Waals surface area (Å²) in [5.74, 6) is 0.848. The van der Waals surface area contributed by atoms with Gasteiger partial charge in [-0.15, -0.1) is 0 Å². The molecule has 1 aliphatic carbocycles. The second-order valence-electron chi connectivity index (χ2n) is 5.21. The van der Waals surface area contributed by atoms with Crippen LogP contribution < -0.4 is 0 Å². The lowest BCUT2D eigenvalue weighted by Crippen LogP contribution is -2.10. The Morgan fingerprint density at radius 2 is 2.11 bits per heavy atom. The maximum absolute atomic E-state index is 12.3. The first kappa shape index (κ1) is 12.1. The first-order valence-corrected chi connectivity index (χ1v) is 6.85. The van der Waals surface area contributed by atoms with Crippen molar-refractivity contribution in [3.05, 3.63) is 65.5 Å². The van der Waals surface area contributed by atoms with Crippen molar-refractivity contribution in [2.45, 2.75) is 31.6 Å². The van der Waals surface area contributed by atoms with Crippen molar-refractivity contribution < 1.29 is 4.79 Å². The van der Waals surface area contributed by atoms with Gasteiger partial charge in [-0.2, -0.15) is 0 Å². The molecule has 19 heavy (non-hydrogen) atoms. The van der Waals surface area contributed by atoms with Crippen LogP contribution in [0.1, 0.15) is 46.7 Å². The Bertz CT molecular complexity index is 573. The van der Waals surface area contributed by atoms with E-state index in [1.807, 2.05) is 24.3 Å². The molecule has 0 saturated heterocycles. The quantitative estimate of drug-likeness (QED) is 0.774. The van der Waals surface area contributed by atoms with Crippen LogP contribution in [-0.2, 0) is 6.42 Å². The Kier molecular flexibility index (Phi) is 3.41. The van der Waals surface area contributed by atoms with Crippen LogP contribution in [0.3, 0.4) is 0 Å². The van der Waals surface area contributed by atoms with Crippen molar-refractivity contribution in [3.63, 3.8) is 0 Å². The Hall–Kier alpha value is -1.96. The molecule has 2 heteroatoms. The zero-order valence-electron chi connectivity index (χ0n) is 10.9. The number of hydrogen-bond donors (Lipinski definition) is 0. The summed E-state index contributed by atoms with van der Waals surface area (Å²) in [5.41, 5.74) is 3.12. The van der Waals surface area contributed by atoms with E-state index in [0.29, 0.717) is 12.3 Å². The molecule has 0 N–H and O–H groups in total. The highest BCUT2D eigenvalue weighted by atomic mass is 16.1. The molecule has 0 unspecified atom stereocenters. The summed E-state index contributed by atoms with van der Waals surface area (Å²) in [6, 6.07) is 12.0. The van der Waals surface area contributed by atoms with E-state index in [1.54, 1.807) is 12.4 Å². The number of pyridine rings is 1. The molecular weight excluding hydrogens is 234 g/mol. The highest BCUT2D eigenvalue weighted by molar-refractivity contribution is 5.97. The van der Waals surface area contributed by atoms with Crippen LogP contribution in [0.2, 0.25) is 0 Å². The molecule has 2 nitrogen and oxygen atoms in total. The zero-order valence-corrected chi connectivity index (χ0v) is 10.9. The second-order valence-corrected chi connectivity index (χ2v) is 5.21. The molecule has 1 saturated carbocycles. The summed E-state index contributed by atoms with van der Waals surface area (Å²) in [4.78, 5) is 16.3. The first-order valence-electron chi connectivity index (χ1n) is 6.85. The summed E-state index contributed by atoms with van der Waals surface area (Å²) >= 11 is 0. The number of carbonyl (C=O) groups is 1. The maximum Gasteiger partial charge on any atom is 0.167 e. The Balaban J connectivity index is 1.76. The van der Waals surface area contributed by atoms with Crippen LogP contribution in [0.25, 0.3) is 0 Å². The predicted octanol–water partition coefficient (Wildman–Crippen LogP) is 3.77. The van der Waals surface area contributed by atoms with Crippen LogP contribution in [-0.4, -0.2) is 10.8 Å². The topological polar surface area (TPSA) is 30.0 Å². The molecular formula is C17H17NO. The van der Waals surface area contributed by atoms with Gasteiger partial charge in [0.05, 0.1) is 0 Å². The van der Waals surface area contributed by atoms with Crippen LogP contribution >= 0.6 is 0 Å². The standard InChI is InChI=1S/C17H17NO/c19-17(10-13-4-3-9-18-12-13)16-8-2-7-15(11-16)14-5-1-6-14/h2-4,7-9,11-12,14H,1,5-6,10H2. The molecule has 0 atom stereocenters. The van der Waals surface area contributed by atoms with Crippen LogP contribution in [0, 0.1) is 0 Å². The van der Waals surface area contributed by atoms with Crippen LogP contribution in [0.5, 0.6) is 0 Å². The van der Waals surface area contributed by atoms with Gasteiger partial charge in [0.15, 0.2) is 5.78 Å². The summed E-state index contributed by atoms with van der Waals surface area (Å²) in [7, 11) is 0. The van der Waals surface area contributed by atoms with Crippen LogP contribution in [0.15, 0.2) is 48.8 Å². The van der Waals surface area contributed by atoms with Crippen molar-refractivity contribution in [1.82, 2.24) is 4.98 Å². The second kappa shape index (κ2) is 5.35. The summed E-state index contributed by atoms with van der Waals surface area (Å²) in [6.07, 6.45) is 7.76. The van der Waals surface area contributed by atoms with Gasteiger partial charge in [-0.05, 0) is 42.0 Å². The fourth-order valence-corrected chi connectivity index (χ4v) is 2.50. The van der Waals surface area contributed by atoms with E-state index < -0.39 is 0 Å². The van der Waals surface area contributed by atoms with E-state index in [2.05, 4.69) is 17.1 Å². The fourth-order valence-electron chi connectivity index (χ4n) is 2.50. The monoisotopic (exact) mass is 251 g/mol. The lowest BCUT2D eigenvalue weighted by molar-refractivity contribution is 0.0992. The zero-order chi connectivity index (χ0) is 13.1. The van der Waals surface area contributed by atoms with E-state index >= 15 is 0 Å². The van der Waals surface area contributed by atoms with Gasteiger partial charge in [-0.1, -0.05) is 30.7 Å². The third-order valence-corrected chi connectivity index (χ3v) is 3.87. The number of aromatic nitrogens is 1. The molecule has 96 valence electrons. The van der Waals surface area contributed by atoms with Gasteiger partial charge < -0.3 is 0 Å². The SMILES string of the molecule is O=C(Cc1cccnc1)c1cccc(C2CCC2)c1. The molecule has 0 amide bonds. The van der Waals surface area contributed by atoms with E-state index in [9.17, 15) is 4.79 Å². The third-order valence-electron chi connectivity index (χ3n) is 3.87. The molecule has 1 aromatic heterocycles.